The van der Waals surface area contributed by atoms with Gasteiger partial charge in [0.05, 0.1) is 11.4 Å². The van der Waals surface area contributed by atoms with E-state index in [0.29, 0.717) is 11.6 Å². The van der Waals surface area contributed by atoms with Gasteiger partial charge in [-0.25, -0.2) is 9.97 Å². The first-order chi connectivity index (χ1) is 14.2. The lowest BCUT2D eigenvalue weighted by Gasteiger charge is -2.39. The number of aryl methyl sites for hydroxylation is 1. The number of piperazine rings is 1. The quantitative estimate of drug-likeness (QED) is 0.635. The SMILES string of the molecule is CCCCC(C(=O)Nc1cc(C)on1)N1CCN(c2ncnc3sccc23)CC1. The lowest BCUT2D eigenvalue weighted by molar-refractivity contribution is -0.121. The molecule has 1 atom stereocenters. The molecule has 0 aromatic carbocycles. The van der Waals surface area contributed by atoms with Gasteiger partial charge < -0.3 is 14.7 Å². The van der Waals surface area contributed by atoms with Crippen molar-refractivity contribution in [2.45, 2.75) is 39.2 Å². The minimum Gasteiger partial charge on any atom is -0.360 e. The number of rotatable bonds is 7. The molecule has 1 N–H and O–H groups in total. The van der Waals surface area contributed by atoms with Crippen LogP contribution in [0.15, 0.2) is 28.4 Å². The third-order valence-corrected chi connectivity index (χ3v) is 6.13. The van der Waals surface area contributed by atoms with E-state index in [9.17, 15) is 4.79 Å². The summed E-state index contributed by atoms with van der Waals surface area (Å²) in [6.45, 7) is 7.26. The van der Waals surface area contributed by atoms with Crippen molar-refractivity contribution in [3.05, 3.63) is 29.6 Å². The van der Waals surface area contributed by atoms with E-state index in [1.807, 2.05) is 6.92 Å². The first kappa shape index (κ1) is 19.8. The van der Waals surface area contributed by atoms with Crippen LogP contribution in [0.3, 0.4) is 0 Å². The normalized spacial score (nSPS) is 16.3. The highest BCUT2D eigenvalue weighted by molar-refractivity contribution is 7.16. The van der Waals surface area contributed by atoms with Gasteiger partial charge in [0, 0.05) is 32.2 Å². The van der Waals surface area contributed by atoms with Crippen LogP contribution in [0.5, 0.6) is 0 Å². The molecule has 0 bridgehead atoms. The summed E-state index contributed by atoms with van der Waals surface area (Å²) < 4.78 is 5.07. The Labute approximate surface area is 173 Å². The van der Waals surface area contributed by atoms with Gasteiger partial charge in [-0.05, 0) is 24.8 Å². The number of fused-ring (bicyclic) bond motifs is 1. The average Bonchev–Trinajstić information content (AvgIpc) is 3.37. The van der Waals surface area contributed by atoms with Crippen molar-refractivity contribution in [1.29, 1.82) is 0 Å². The molecule has 0 aliphatic carbocycles. The number of nitrogens with one attached hydrogen (secondary N) is 1. The van der Waals surface area contributed by atoms with Crippen LogP contribution in [0.4, 0.5) is 11.6 Å². The van der Waals surface area contributed by atoms with Crippen LogP contribution < -0.4 is 10.2 Å². The van der Waals surface area contributed by atoms with Crippen molar-refractivity contribution in [1.82, 2.24) is 20.0 Å². The number of unbranched alkanes of at least 4 members (excludes halogenated alkanes) is 1. The van der Waals surface area contributed by atoms with Gasteiger partial charge in [-0.2, -0.15) is 0 Å². The molecule has 0 spiro atoms. The first-order valence-electron chi connectivity index (χ1n) is 10.1. The van der Waals surface area contributed by atoms with Crippen molar-refractivity contribution in [2.24, 2.45) is 0 Å². The molecule has 0 radical (unpaired) electrons. The molecule has 4 rings (SSSR count). The Morgan fingerprint density at radius 3 is 2.86 bits per heavy atom. The van der Waals surface area contributed by atoms with Crippen molar-refractivity contribution >= 4 is 39.1 Å². The fraction of sp³-hybridized carbons (Fsp3) is 0.500. The molecule has 9 heteroatoms. The van der Waals surface area contributed by atoms with E-state index < -0.39 is 0 Å². The molecule has 3 aromatic rings. The Hall–Kier alpha value is -2.52. The third kappa shape index (κ3) is 4.40. The second-order valence-corrected chi connectivity index (χ2v) is 8.22. The van der Waals surface area contributed by atoms with E-state index in [1.165, 1.54) is 0 Å². The second kappa shape index (κ2) is 8.87. The van der Waals surface area contributed by atoms with Gasteiger partial charge >= 0.3 is 0 Å². The van der Waals surface area contributed by atoms with E-state index in [2.05, 4.69) is 48.6 Å². The maximum absolute atomic E-state index is 13.0. The molecular formula is C20H26N6O2S. The highest BCUT2D eigenvalue weighted by atomic mass is 32.1. The maximum Gasteiger partial charge on any atom is 0.242 e. The topological polar surface area (TPSA) is 87.4 Å². The van der Waals surface area contributed by atoms with Crippen LogP contribution in [0.25, 0.3) is 10.2 Å². The predicted octanol–water partition coefficient (Wildman–Crippen LogP) is 3.31. The number of hydrogen-bond donors (Lipinski definition) is 1. The number of amides is 1. The van der Waals surface area contributed by atoms with Crippen LogP contribution in [0.1, 0.15) is 31.9 Å². The average molecular weight is 415 g/mol. The fourth-order valence-electron chi connectivity index (χ4n) is 3.79. The van der Waals surface area contributed by atoms with E-state index in [4.69, 9.17) is 4.52 Å². The van der Waals surface area contributed by atoms with Crippen molar-refractivity contribution in [2.75, 3.05) is 36.4 Å². The molecule has 4 heterocycles. The Kier molecular flexibility index (Phi) is 6.05. The van der Waals surface area contributed by atoms with E-state index in [1.54, 1.807) is 23.7 Å². The van der Waals surface area contributed by atoms with Crippen LogP contribution in [-0.4, -0.2) is 58.2 Å². The number of anilines is 2. The monoisotopic (exact) mass is 414 g/mol. The highest BCUT2D eigenvalue weighted by Crippen LogP contribution is 2.28. The zero-order chi connectivity index (χ0) is 20.2. The largest absolute Gasteiger partial charge is 0.360 e. The molecule has 3 aromatic heterocycles. The van der Waals surface area contributed by atoms with Crippen LogP contribution in [-0.2, 0) is 4.79 Å². The number of aromatic nitrogens is 3. The number of thiophene rings is 1. The number of carbonyl (C=O) groups excluding carboxylic acids is 1. The zero-order valence-corrected chi connectivity index (χ0v) is 17.6. The third-order valence-electron chi connectivity index (χ3n) is 5.31. The van der Waals surface area contributed by atoms with Crippen molar-refractivity contribution in [3.63, 3.8) is 0 Å². The van der Waals surface area contributed by atoms with Crippen molar-refractivity contribution < 1.29 is 9.32 Å². The molecule has 154 valence electrons. The molecule has 1 unspecified atom stereocenters. The van der Waals surface area contributed by atoms with Crippen LogP contribution in [0, 0.1) is 6.92 Å². The summed E-state index contributed by atoms with van der Waals surface area (Å²) in [5.41, 5.74) is 0. The lowest BCUT2D eigenvalue weighted by Crippen LogP contribution is -2.54. The van der Waals surface area contributed by atoms with E-state index >= 15 is 0 Å². The summed E-state index contributed by atoms with van der Waals surface area (Å²) in [7, 11) is 0. The molecule has 8 nitrogen and oxygen atoms in total. The lowest BCUT2D eigenvalue weighted by atomic mass is 10.1. The summed E-state index contributed by atoms with van der Waals surface area (Å²) in [6, 6.07) is 3.66. The second-order valence-electron chi connectivity index (χ2n) is 7.33. The standard InChI is InChI=1S/C20H26N6O2S/c1-3-4-5-16(19(27)23-17-12-14(2)28-24-17)25-7-9-26(10-8-25)18-15-6-11-29-20(15)22-13-21-18/h6,11-13,16H,3-5,7-10H2,1-2H3,(H,23,24,27). The highest BCUT2D eigenvalue weighted by Gasteiger charge is 2.30. The Morgan fingerprint density at radius 1 is 1.31 bits per heavy atom. The van der Waals surface area contributed by atoms with E-state index in [0.717, 1.165) is 61.5 Å². The minimum atomic E-state index is -0.166. The Morgan fingerprint density at radius 2 is 2.14 bits per heavy atom. The number of nitrogens with zero attached hydrogens (tertiary/aromatic N) is 5. The Bertz CT molecular complexity index is 963. The predicted molar refractivity (Wildman–Crippen MR) is 114 cm³/mol. The molecular weight excluding hydrogens is 388 g/mol. The number of hydrogen-bond acceptors (Lipinski definition) is 8. The molecule has 1 aliphatic heterocycles. The summed E-state index contributed by atoms with van der Waals surface area (Å²) in [6.07, 6.45) is 4.54. The van der Waals surface area contributed by atoms with Gasteiger partial charge in [0.2, 0.25) is 5.91 Å². The van der Waals surface area contributed by atoms with Gasteiger partial charge in [-0.3, -0.25) is 9.69 Å². The first-order valence-corrected chi connectivity index (χ1v) is 10.9. The van der Waals surface area contributed by atoms with Gasteiger partial charge in [0.1, 0.15) is 22.7 Å². The van der Waals surface area contributed by atoms with Gasteiger partial charge in [0.25, 0.3) is 0 Å². The van der Waals surface area contributed by atoms with Gasteiger partial charge in [-0.1, -0.05) is 24.9 Å². The van der Waals surface area contributed by atoms with Gasteiger partial charge in [0.15, 0.2) is 5.82 Å². The van der Waals surface area contributed by atoms with E-state index in [-0.39, 0.29) is 11.9 Å². The zero-order valence-electron chi connectivity index (χ0n) is 16.8. The Balaban J connectivity index is 1.43. The van der Waals surface area contributed by atoms with Crippen molar-refractivity contribution in [3.8, 4) is 0 Å². The maximum atomic E-state index is 13.0. The van der Waals surface area contributed by atoms with Crippen LogP contribution >= 0.6 is 11.3 Å². The fourth-order valence-corrected chi connectivity index (χ4v) is 4.51. The summed E-state index contributed by atoms with van der Waals surface area (Å²) in [4.78, 5) is 27.4. The van der Waals surface area contributed by atoms with Gasteiger partial charge in [-0.15, -0.1) is 11.3 Å². The molecule has 1 saturated heterocycles. The molecule has 1 fully saturated rings. The number of carbonyl (C=O) groups is 1. The molecule has 1 amide bonds. The molecule has 1 aliphatic rings. The molecule has 0 saturated carbocycles. The minimum absolute atomic E-state index is 0.0116. The summed E-state index contributed by atoms with van der Waals surface area (Å²) >= 11 is 1.63. The smallest absolute Gasteiger partial charge is 0.242 e. The molecule has 29 heavy (non-hydrogen) atoms. The summed E-state index contributed by atoms with van der Waals surface area (Å²) in [5, 5.41) is 9.96. The summed E-state index contributed by atoms with van der Waals surface area (Å²) in [5.74, 6) is 2.14. The van der Waals surface area contributed by atoms with Crippen LogP contribution in [0.2, 0.25) is 0 Å².